The first-order valence-electron chi connectivity index (χ1n) is 9.98. The molecule has 3 aromatic rings. The fourth-order valence-corrected chi connectivity index (χ4v) is 3.20. The number of aliphatic imine (C=N–C) groups is 1. The van der Waals surface area contributed by atoms with Crippen LogP contribution in [0.4, 0.5) is 5.69 Å². The normalized spacial score (nSPS) is 11.3. The van der Waals surface area contributed by atoms with E-state index in [1.54, 1.807) is 6.07 Å². The molecule has 166 valence electrons. The van der Waals surface area contributed by atoms with E-state index in [9.17, 15) is 10.1 Å². The van der Waals surface area contributed by atoms with E-state index >= 15 is 0 Å². The summed E-state index contributed by atoms with van der Waals surface area (Å²) < 4.78 is 10.6. The molecule has 9 nitrogen and oxygen atoms in total. The smallest absolute Gasteiger partial charge is 0.260 e. The van der Waals surface area contributed by atoms with Crippen molar-refractivity contribution in [2.75, 3.05) is 28.3 Å². The minimum atomic E-state index is -0.403. The van der Waals surface area contributed by atoms with Gasteiger partial charge in [-0.1, -0.05) is 12.1 Å². The Bertz CT molecular complexity index is 1260. The largest absolute Gasteiger partial charge is 0.493 e. The van der Waals surface area contributed by atoms with Crippen molar-refractivity contribution in [2.24, 2.45) is 4.99 Å². The van der Waals surface area contributed by atoms with Crippen molar-refractivity contribution in [1.82, 2.24) is 20.2 Å². The molecule has 0 fully saturated rings. The summed E-state index contributed by atoms with van der Waals surface area (Å²) in [5.41, 5.74) is 1.99. The third-order valence-corrected chi connectivity index (χ3v) is 4.97. The number of ether oxygens (including phenoxy) is 2. The topological polar surface area (TPSA) is 116 Å². The van der Waals surface area contributed by atoms with Crippen LogP contribution in [0.15, 0.2) is 40.1 Å². The zero-order chi connectivity index (χ0) is 23.3. The van der Waals surface area contributed by atoms with Gasteiger partial charge in [-0.25, -0.2) is 9.98 Å². The molecule has 0 aliphatic carbocycles. The number of aromatic nitrogens is 2. The molecule has 2 N–H and O–H groups in total. The molecule has 0 atom stereocenters. The quantitative estimate of drug-likeness (QED) is 0.434. The van der Waals surface area contributed by atoms with Gasteiger partial charge in [0.25, 0.3) is 5.56 Å². The number of nitrogens with one attached hydrogen (secondary N) is 2. The summed E-state index contributed by atoms with van der Waals surface area (Å²) in [5, 5.41) is 13.0. The van der Waals surface area contributed by atoms with Crippen molar-refractivity contribution in [3.8, 4) is 17.6 Å². The zero-order valence-corrected chi connectivity index (χ0v) is 18.8. The average molecular weight is 435 g/mol. The maximum absolute atomic E-state index is 12.7. The van der Waals surface area contributed by atoms with Crippen LogP contribution in [-0.4, -0.2) is 49.0 Å². The molecule has 0 saturated heterocycles. The lowest BCUT2D eigenvalue weighted by Gasteiger charge is -2.12. The minimum Gasteiger partial charge on any atom is -0.493 e. The summed E-state index contributed by atoms with van der Waals surface area (Å²) >= 11 is 0. The summed E-state index contributed by atoms with van der Waals surface area (Å²) in [6, 6.07) is 11.5. The molecule has 3 rings (SSSR count). The van der Waals surface area contributed by atoms with Gasteiger partial charge in [0, 0.05) is 26.7 Å². The lowest BCUT2D eigenvalue weighted by atomic mass is 10.1. The van der Waals surface area contributed by atoms with Gasteiger partial charge in [0.05, 0.1) is 37.4 Å². The number of fused-ring (bicyclic) bond motifs is 1. The van der Waals surface area contributed by atoms with Crippen molar-refractivity contribution in [2.45, 2.75) is 20.0 Å². The van der Waals surface area contributed by atoms with Crippen LogP contribution in [0.1, 0.15) is 23.9 Å². The minimum absolute atomic E-state index is 0.0977. The predicted octanol–water partition coefficient (Wildman–Crippen LogP) is 2.71. The number of hydrogen-bond donors (Lipinski definition) is 2. The SMILES string of the molecule is COc1cc2nc(CNCc3cccc(N=C(C)N(C)C)c3)[nH]c(=O)c2c(C#N)c1OC. The molecule has 0 unspecified atom stereocenters. The van der Waals surface area contributed by atoms with Gasteiger partial charge in [-0.2, -0.15) is 5.26 Å². The summed E-state index contributed by atoms with van der Waals surface area (Å²) in [4.78, 5) is 26.5. The number of benzene rings is 2. The van der Waals surface area contributed by atoms with E-state index in [1.807, 2.05) is 56.3 Å². The number of H-pyrrole nitrogens is 1. The van der Waals surface area contributed by atoms with E-state index in [-0.39, 0.29) is 16.7 Å². The second kappa shape index (κ2) is 9.94. The Balaban J connectivity index is 1.82. The third-order valence-electron chi connectivity index (χ3n) is 4.97. The van der Waals surface area contributed by atoms with Crippen LogP contribution in [-0.2, 0) is 13.1 Å². The van der Waals surface area contributed by atoms with Crippen LogP contribution in [0.3, 0.4) is 0 Å². The number of nitrogens with zero attached hydrogens (tertiary/aromatic N) is 4. The van der Waals surface area contributed by atoms with Gasteiger partial charge in [0.15, 0.2) is 11.5 Å². The van der Waals surface area contributed by atoms with Gasteiger partial charge >= 0.3 is 0 Å². The molecule has 9 heteroatoms. The van der Waals surface area contributed by atoms with Gasteiger partial charge in [-0.3, -0.25) is 4.79 Å². The Hall–Kier alpha value is -3.90. The lowest BCUT2D eigenvalue weighted by Crippen LogP contribution is -2.20. The zero-order valence-electron chi connectivity index (χ0n) is 18.8. The Morgan fingerprint density at radius 2 is 2.03 bits per heavy atom. The molecular formula is C23H26N6O3. The average Bonchev–Trinajstić information content (AvgIpc) is 2.77. The maximum atomic E-state index is 12.7. The molecule has 0 saturated carbocycles. The number of aromatic amines is 1. The number of hydrogen-bond acceptors (Lipinski definition) is 7. The Morgan fingerprint density at radius 1 is 1.25 bits per heavy atom. The maximum Gasteiger partial charge on any atom is 0.260 e. The highest BCUT2D eigenvalue weighted by Gasteiger charge is 2.19. The van der Waals surface area contributed by atoms with Gasteiger partial charge < -0.3 is 24.7 Å². The highest BCUT2D eigenvalue weighted by molar-refractivity contribution is 5.89. The Labute approximate surface area is 186 Å². The molecule has 32 heavy (non-hydrogen) atoms. The first-order chi connectivity index (χ1) is 15.4. The van der Waals surface area contributed by atoms with Crippen LogP contribution in [0.2, 0.25) is 0 Å². The molecule has 2 aromatic carbocycles. The van der Waals surface area contributed by atoms with Gasteiger partial charge in [-0.05, 0) is 24.6 Å². The highest BCUT2D eigenvalue weighted by atomic mass is 16.5. The number of rotatable bonds is 7. The Morgan fingerprint density at radius 3 is 2.69 bits per heavy atom. The first kappa shape index (κ1) is 22.8. The molecule has 1 heterocycles. The van der Waals surface area contributed by atoms with Crippen LogP contribution >= 0.6 is 0 Å². The van der Waals surface area contributed by atoms with E-state index < -0.39 is 5.56 Å². The van der Waals surface area contributed by atoms with Crippen molar-refractivity contribution in [3.05, 3.63) is 57.6 Å². The van der Waals surface area contributed by atoms with Crippen molar-refractivity contribution in [3.63, 3.8) is 0 Å². The lowest BCUT2D eigenvalue weighted by molar-refractivity contribution is 0.355. The second-order valence-electron chi connectivity index (χ2n) is 7.33. The third kappa shape index (κ3) is 4.87. The van der Waals surface area contributed by atoms with Crippen LogP contribution in [0, 0.1) is 11.3 Å². The van der Waals surface area contributed by atoms with Crippen LogP contribution in [0.25, 0.3) is 10.9 Å². The van der Waals surface area contributed by atoms with Crippen molar-refractivity contribution >= 4 is 22.4 Å². The molecular weight excluding hydrogens is 408 g/mol. The second-order valence-corrected chi connectivity index (χ2v) is 7.33. The van der Waals surface area contributed by atoms with Crippen LogP contribution in [0.5, 0.6) is 11.5 Å². The molecule has 0 aliphatic rings. The van der Waals surface area contributed by atoms with Gasteiger partial charge in [0.2, 0.25) is 0 Å². The summed E-state index contributed by atoms with van der Waals surface area (Å²) in [6.45, 7) is 2.86. The van der Waals surface area contributed by atoms with E-state index in [2.05, 4.69) is 20.3 Å². The molecule has 0 aliphatic heterocycles. The summed E-state index contributed by atoms with van der Waals surface area (Å²) in [5.74, 6) is 1.93. The fourth-order valence-electron chi connectivity index (χ4n) is 3.20. The highest BCUT2D eigenvalue weighted by Crippen LogP contribution is 2.34. The van der Waals surface area contributed by atoms with E-state index in [1.165, 1.54) is 14.2 Å². The predicted molar refractivity (Wildman–Crippen MR) is 124 cm³/mol. The van der Waals surface area contributed by atoms with E-state index in [0.29, 0.717) is 30.2 Å². The fraction of sp³-hybridized carbons (Fsp3) is 0.304. The number of amidine groups is 1. The summed E-state index contributed by atoms with van der Waals surface area (Å²) in [7, 11) is 6.80. The summed E-state index contributed by atoms with van der Waals surface area (Å²) in [6.07, 6.45) is 0. The number of nitriles is 1. The standard InChI is InChI=1S/C23H26N6O3/c1-14(29(2)3)26-16-8-6-7-15(9-16)12-25-13-20-27-18-10-19(31-4)22(32-5)17(11-24)21(18)23(30)28-20/h6-10,25H,12-13H2,1-5H3,(H,27,28,30). The molecule has 0 radical (unpaired) electrons. The van der Waals surface area contributed by atoms with E-state index in [4.69, 9.17) is 9.47 Å². The van der Waals surface area contributed by atoms with Crippen molar-refractivity contribution in [1.29, 1.82) is 5.26 Å². The molecule has 0 amide bonds. The van der Waals surface area contributed by atoms with E-state index in [0.717, 1.165) is 17.1 Å². The van der Waals surface area contributed by atoms with Crippen LogP contribution < -0.4 is 20.3 Å². The number of methoxy groups -OCH3 is 2. The first-order valence-corrected chi connectivity index (χ1v) is 9.98. The molecule has 1 aromatic heterocycles. The van der Waals surface area contributed by atoms with Crippen molar-refractivity contribution < 1.29 is 9.47 Å². The van der Waals surface area contributed by atoms with Gasteiger partial charge in [-0.15, -0.1) is 0 Å². The van der Waals surface area contributed by atoms with Gasteiger partial charge in [0.1, 0.15) is 23.3 Å². The molecule has 0 bridgehead atoms. The molecule has 0 spiro atoms. The monoisotopic (exact) mass is 434 g/mol. The Kier molecular flexibility index (Phi) is 7.07.